The molecule has 1 aliphatic rings. The molecule has 1 fully saturated rings. The minimum Gasteiger partial charge on any atom is -0.472 e. The third-order valence-corrected chi connectivity index (χ3v) is 5.37. The summed E-state index contributed by atoms with van der Waals surface area (Å²) in [6.07, 6.45) is 4.17. The van der Waals surface area contributed by atoms with E-state index in [1.165, 1.54) is 12.5 Å². The van der Waals surface area contributed by atoms with Crippen LogP contribution in [0.25, 0.3) is 11.3 Å². The average Bonchev–Trinajstić information content (AvgIpc) is 3.28. The highest BCUT2D eigenvalue weighted by atomic mass is 16.3. The zero-order chi connectivity index (χ0) is 21.1. The van der Waals surface area contributed by atoms with Crippen molar-refractivity contribution >= 4 is 11.8 Å². The van der Waals surface area contributed by atoms with Gasteiger partial charge in [-0.1, -0.05) is 23.8 Å². The lowest BCUT2D eigenvalue weighted by molar-refractivity contribution is 0.0697. The molecule has 0 saturated carbocycles. The number of hydrogen-bond donors (Lipinski definition) is 2. The quantitative estimate of drug-likeness (QED) is 0.698. The Labute approximate surface area is 173 Å². The van der Waals surface area contributed by atoms with Gasteiger partial charge < -0.3 is 19.6 Å². The number of rotatable bonds is 4. The summed E-state index contributed by atoms with van der Waals surface area (Å²) in [6, 6.07) is 12.7. The average molecular weight is 405 g/mol. The second-order valence-electron chi connectivity index (χ2n) is 7.54. The van der Waals surface area contributed by atoms with E-state index in [0.717, 1.165) is 11.1 Å². The molecule has 0 radical (unpaired) electrons. The number of likely N-dealkylation sites (tertiary alicyclic amines) is 1. The van der Waals surface area contributed by atoms with Crippen LogP contribution in [-0.4, -0.2) is 40.8 Å². The van der Waals surface area contributed by atoms with Crippen LogP contribution >= 0.6 is 0 Å². The van der Waals surface area contributed by atoms with Gasteiger partial charge in [0.25, 0.3) is 17.4 Å². The first-order valence-electron chi connectivity index (χ1n) is 9.94. The smallest absolute Gasteiger partial charge is 0.261 e. The number of aromatic nitrogens is 1. The maximum Gasteiger partial charge on any atom is 0.261 e. The standard InChI is InChI=1S/C23H23N3O4/c1-15-3-2-4-16(13-15)20-6-5-19(22(28)25-20)21(27)24-18-7-10-26(11-8-18)23(29)17-9-12-30-14-17/h2-6,9,12-14,18H,7-8,10-11H2,1H3,(H,24,27)(H,25,28). The summed E-state index contributed by atoms with van der Waals surface area (Å²) in [5.74, 6) is -0.469. The highest BCUT2D eigenvalue weighted by Gasteiger charge is 2.26. The molecule has 0 atom stereocenters. The molecule has 7 nitrogen and oxygen atoms in total. The number of benzene rings is 1. The molecular weight excluding hydrogens is 382 g/mol. The first-order valence-corrected chi connectivity index (χ1v) is 9.94. The molecule has 0 unspecified atom stereocenters. The number of nitrogens with one attached hydrogen (secondary N) is 2. The number of furan rings is 1. The van der Waals surface area contributed by atoms with E-state index in [4.69, 9.17) is 4.42 Å². The Morgan fingerprint density at radius 3 is 2.60 bits per heavy atom. The number of aromatic amines is 1. The zero-order valence-corrected chi connectivity index (χ0v) is 16.7. The van der Waals surface area contributed by atoms with Gasteiger partial charge in [0.15, 0.2) is 0 Å². The third-order valence-electron chi connectivity index (χ3n) is 5.37. The fraction of sp³-hybridized carbons (Fsp3) is 0.261. The van der Waals surface area contributed by atoms with Gasteiger partial charge in [-0.2, -0.15) is 0 Å². The number of H-pyrrole nitrogens is 1. The molecule has 1 aliphatic heterocycles. The lowest BCUT2D eigenvalue weighted by Gasteiger charge is -2.32. The summed E-state index contributed by atoms with van der Waals surface area (Å²) in [5, 5.41) is 2.92. The normalized spacial score (nSPS) is 14.5. The van der Waals surface area contributed by atoms with Crippen LogP contribution in [0.15, 0.2) is 64.2 Å². The van der Waals surface area contributed by atoms with Crippen molar-refractivity contribution in [3.05, 3.63) is 82.0 Å². The number of aryl methyl sites for hydroxylation is 1. The van der Waals surface area contributed by atoms with E-state index in [1.54, 1.807) is 23.1 Å². The van der Waals surface area contributed by atoms with E-state index in [0.29, 0.717) is 37.2 Å². The Bertz CT molecular complexity index is 1110. The minimum absolute atomic E-state index is 0.0725. The number of piperidine rings is 1. The van der Waals surface area contributed by atoms with Gasteiger partial charge in [-0.15, -0.1) is 0 Å². The first-order chi connectivity index (χ1) is 14.5. The van der Waals surface area contributed by atoms with Crippen molar-refractivity contribution in [1.82, 2.24) is 15.2 Å². The molecule has 0 spiro atoms. The summed E-state index contributed by atoms with van der Waals surface area (Å²) in [5.41, 5.74) is 2.85. The SMILES string of the molecule is Cc1cccc(-c2ccc(C(=O)NC3CCN(C(=O)c4ccoc4)CC3)c(=O)[nH]2)c1. The highest BCUT2D eigenvalue weighted by Crippen LogP contribution is 2.18. The van der Waals surface area contributed by atoms with Crippen LogP contribution in [-0.2, 0) is 0 Å². The van der Waals surface area contributed by atoms with Crippen molar-refractivity contribution in [2.24, 2.45) is 0 Å². The zero-order valence-electron chi connectivity index (χ0n) is 16.7. The molecule has 0 aliphatic carbocycles. The molecule has 154 valence electrons. The molecule has 30 heavy (non-hydrogen) atoms. The molecule has 3 aromatic rings. The van der Waals surface area contributed by atoms with Crippen LogP contribution in [0.2, 0.25) is 0 Å². The van der Waals surface area contributed by atoms with E-state index in [1.807, 2.05) is 31.2 Å². The largest absolute Gasteiger partial charge is 0.472 e. The minimum atomic E-state index is -0.418. The molecule has 7 heteroatoms. The van der Waals surface area contributed by atoms with Crippen molar-refractivity contribution in [3.8, 4) is 11.3 Å². The van der Waals surface area contributed by atoms with Gasteiger partial charge >= 0.3 is 0 Å². The van der Waals surface area contributed by atoms with Gasteiger partial charge in [0, 0.05) is 24.8 Å². The molecule has 1 aromatic carbocycles. The molecule has 2 amide bonds. The number of carbonyl (C=O) groups is 2. The van der Waals surface area contributed by atoms with Gasteiger partial charge in [0.05, 0.1) is 11.8 Å². The summed E-state index contributed by atoms with van der Waals surface area (Å²) in [6.45, 7) is 3.06. The maximum absolute atomic E-state index is 12.6. The predicted octanol–water partition coefficient (Wildman–Crippen LogP) is 2.98. The van der Waals surface area contributed by atoms with E-state index < -0.39 is 11.5 Å². The fourth-order valence-electron chi connectivity index (χ4n) is 3.69. The van der Waals surface area contributed by atoms with Crippen molar-refractivity contribution in [2.75, 3.05) is 13.1 Å². The van der Waals surface area contributed by atoms with Crippen molar-refractivity contribution in [2.45, 2.75) is 25.8 Å². The van der Waals surface area contributed by atoms with E-state index in [9.17, 15) is 14.4 Å². The Hall–Kier alpha value is -3.61. The Kier molecular flexibility index (Phi) is 5.52. The topological polar surface area (TPSA) is 95.4 Å². The van der Waals surface area contributed by atoms with Crippen LogP contribution in [0.4, 0.5) is 0 Å². The summed E-state index contributed by atoms with van der Waals surface area (Å²) >= 11 is 0. The van der Waals surface area contributed by atoms with E-state index in [-0.39, 0.29) is 17.5 Å². The monoisotopic (exact) mass is 405 g/mol. The predicted molar refractivity (Wildman–Crippen MR) is 112 cm³/mol. The van der Waals surface area contributed by atoms with Crippen LogP contribution in [0, 0.1) is 6.92 Å². The second kappa shape index (κ2) is 8.41. The van der Waals surface area contributed by atoms with Crippen LogP contribution < -0.4 is 10.9 Å². The summed E-state index contributed by atoms with van der Waals surface area (Å²) < 4.78 is 4.97. The molecule has 1 saturated heterocycles. The van der Waals surface area contributed by atoms with Crippen LogP contribution in [0.1, 0.15) is 39.1 Å². The Morgan fingerprint density at radius 1 is 1.13 bits per heavy atom. The van der Waals surface area contributed by atoms with Crippen molar-refractivity contribution in [1.29, 1.82) is 0 Å². The molecule has 2 N–H and O–H groups in total. The van der Waals surface area contributed by atoms with Gasteiger partial charge in [-0.25, -0.2) is 0 Å². The maximum atomic E-state index is 12.6. The second-order valence-corrected chi connectivity index (χ2v) is 7.54. The summed E-state index contributed by atoms with van der Waals surface area (Å²) in [4.78, 5) is 42.0. The molecule has 3 heterocycles. The molecule has 4 rings (SSSR count). The number of carbonyl (C=O) groups excluding carboxylic acids is 2. The van der Waals surface area contributed by atoms with Crippen LogP contribution in [0.3, 0.4) is 0 Å². The van der Waals surface area contributed by atoms with Crippen molar-refractivity contribution < 1.29 is 14.0 Å². The molecule has 2 aromatic heterocycles. The Balaban J connectivity index is 1.38. The number of hydrogen-bond acceptors (Lipinski definition) is 4. The number of amides is 2. The fourth-order valence-corrected chi connectivity index (χ4v) is 3.69. The lowest BCUT2D eigenvalue weighted by Crippen LogP contribution is -2.47. The summed E-state index contributed by atoms with van der Waals surface area (Å²) in [7, 11) is 0. The third kappa shape index (κ3) is 4.20. The van der Waals surface area contributed by atoms with E-state index >= 15 is 0 Å². The number of nitrogens with zero attached hydrogens (tertiary/aromatic N) is 1. The van der Waals surface area contributed by atoms with Crippen LogP contribution in [0.5, 0.6) is 0 Å². The number of pyridine rings is 1. The van der Waals surface area contributed by atoms with Gasteiger partial charge in [0.2, 0.25) is 0 Å². The van der Waals surface area contributed by atoms with Gasteiger partial charge in [-0.3, -0.25) is 14.4 Å². The molecule has 0 bridgehead atoms. The van der Waals surface area contributed by atoms with Crippen molar-refractivity contribution in [3.63, 3.8) is 0 Å². The van der Waals surface area contributed by atoms with E-state index in [2.05, 4.69) is 10.3 Å². The van der Waals surface area contributed by atoms with Gasteiger partial charge in [-0.05, 0) is 49.6 Å². The molecular formula is C23H23N3O4. The Morgan fingerprint density at radius 2 is 1.93 bits per heavy atom. The van der Waals surface area contributed by atoms with Gasteiger partial charge in [0.1, 0.15) is 11.8 Å². The lowest BCUT2D eigenvalue weighted by atomic mass is 10.0. The first kappa shape index (κ1) is 19.7. The highest BCUT2D eigenvalue weighted by molar-refractivity contribution is 5.95.